The Labute approximate surface area is 339 Å². The molecular formula is C49H85NO5. The number of esters is 1. The molecule has 55 heavy (non-hydrogen) atoms. The third-order valence-corrected chi connectivity index (χ3v) is 9.90. The number of rotatable bonds is 39. The zero-order chi connectivity index (χ0) is 40.3. The second-order valence-electron chi connectivity index (χ2n) is 15.2. The highest BCUT2D eigenvalue weighted by molar-refractivity contribution is 5.77. The summed E-state index contributed by atoms with van der Waals surface area (Å²) >= 11 is 0. The van der Waals surface area contributed by atoms with Crippen molar-refractivity contribution in [3.8, 4) is 0 Å². The summed E-state index contributed by atoms with van der Waals surface area (Å²) in [6.07, 6.45) is 52.5. The van der Waals surface area contributed by atoms with Gasteiger partial charge in [-0.25, -0.2) is 0 Å². The number of unbranched alkanes of at least 4 members (excludes halogenated alkanes) is 19. The first-order valence-corrected chi connectivity index (χ1v) is 22.7. The summed E-state index contributed by atoms with van der Waals surface area (Å²) in [6, 6.07) is -0.721. The Bertz CT molecular complexity index is 1040. The molecule has 0 aromatic heterocycles. The van der Waals surface area contributed by atoms with Crippen LogP contribution in [-0.4, -0.2) is 46.9 Å². The molecule has 0 spiro atoms. The van der Waals surface area contributed by atoms with E-state index in [1.54, 1.807) is 0 Å². The summed E-state index contributed by atoms with van der Waals surface area (Å²) in [7, 11) is 0. The number of allylic oxidation sites excluding steroid dienone is 12. The van der Waals surface area contributed by atoms with E-state index in [2.05, 4.69) is 44.3 Å². The van der Waals surface area contributed by atoms with E-state index in [9.17, 15) is 19.8 Å². The molecule has 6 heteroatoms. The van der Waals surface area contributed by atoms with Crippen LogP contribution in [0.5, 0.6) is 0 Å². The fourth-order valence-corrected chi connectivity index (χ4v) is 6.45. The van der Waals surface area contributed by atoms with Crippen LogP contribution in [0, 0.1) is 0 Å². The van der Waals surface area contributed by atoms with Gasteiger partial charge in [-0.3, -0.25) is 9.59 Å². The molecule has 316 valence electrons. The number of aliphatic hydroxyl groups is 2. The van der Waals surface area contributed by atoms with E-state index >= 15 is 0 Å². The normalized spacial score (nSPS) is 14.1. The molecule has 0 saturated carbocycles. The number of ether oxygens (including phenoxy) is 1. The van der Waals surface area contributed by atoms with Crippen LogP contribution < -0.4 is 5.32 Å². The molecule has 3 atom stereocenters. The van der Waals surface area contributed by atoms with Crippen LogP contribution in [0.2, 0.25) is 0 Å². The van der Waals surface area contributed by atoms with Crippen LogP contribution >= 0.6 is 0 Å². The first-order chi connectivity index (χ1) is 27.0. The standard InChI is InChI=1S/C49H85NO5/c1-4-7-10-13-16-19-21-23-25-26-29-31-34-37-40-45(55-49(54)42-39-36-33-30-27-24-22-20-17-14-11-8-5-2)43-48(53)50-46(44-51)47(52)41-38-35-32-28-18-15-12-9-6-3/h8,11,14,17,20,22,24-27,30,33,45-47,51-52H,4-7,9-10,12-13,15-16,18-19,21,23,28-29,31-32,34-44H2,1-3H3,(H,50,53)/b11-8+,17-14+,22-20-,26-25+,27-24-,33-30+. The van der Waals surface area contributed by atoms with Gasteiger partial charge in [-0.2, -0.15) is 0 Å². The topological polar surface area (TPSA) is 95.9 Å². The third kappa shape index (κ3) is 38.0. The van der Waals surface area contributed by atoms with E-state index in [0.717, 1.165) is 64.2 Å². The molecule has 0 aliphatic rings. The van der Waals surface area contributed by atoms with Crippen molar-refractivity contribution in [3.05, 3.63) is 72.9 Å². The zero-order valence-electron chi connectivity index (χ0n) is 35.8. The van der Waals surface area contributed by atoms with Gasteiger partial charge in [0.15, 0.2) is 0 Å². The number of aliphatic hydroxyl groups excluding tert-OH is 2. The highest BCUT2D eigenvalue weighted by atomic mass is 16.5. The zero-order valence-corrected chi connectivity index (χ0v) is 35.8. The van der Waals surface area contributed by atoms with Gasteiger partial charge in [-0.05, 0) is 64.2 Å². The maximum atomic E-state index is 13.1. The van der Waals surface area contributed by atoms with E-state index < -0.39 is 18.2 Å². The molecule has 0 aliphatic carbocycles. The first-order valence-electron chi connectivity index (χ1n) is 22.7. The molecular weight excluding hydrogens is 683 g/mol. The Kier molecular flexibility index (Phi) is 40.4. The summed E-state index contributed by atoms with van der Waals surface area (Å²) in [6.45, 7) is 6.27. The molecule has 0 aromatic rings. The lowest BCUT2D eigenvalue weighted by atomic mass is 10.0. The summed E-state index contributed by atoms with van der Waals surface area (Å²) in [5, 5.41) is 23.6. The minimum Gasteiger partial charge on any atom is -0.462 e. The smallest absolute Gasteiger partial charge is 0.306 e. The quantitative estimate of drug-likeness (QED) is 0.0250. The predicted octanol–water partition coefficient (Wildman–Crippen LogP) is 13.1. The van der Waals surface area contributed by atoms with Crippen molar-refractivity contribution in [2.75, 3.05) is 6.61 Å². The van der Waals surface area contributed by atoms with Crippen LogP contribution in [0.1, 0.15) is 201 Å². The molecule has 0 rings (SSSR count). The molecule has 0 bridgehead atoms. The van der Waals surface area contributed by atoms with Crippen LogP contribution in [0.15, 0.2) is 72.9 Å². The van der Waals surface area contributed by atoms with Crippen molar-refractivity contribution in [1.29, 1.82) is 0 Å². The second-order valence-corrected chi connectivity index (χ2v) is 15.2. The number of amides is 1. The first kappa shape index (κ1) is 52.3. The Balaban J connectivity index is 4.77. The number of hydrogen-bond donors (Lipinski definition) is 3. The molecule has 0 aromatic carbocycles. The summed E-state index contributed by atoms with van der Waals surface area (Å²) < 4.78 is 5.85. The van der Waals surface area contributed by atoms with Gasteiger partial charge < -0.3 is 20.3 Å². The van der Waals surface area contributed by atoms with Gasteiger partial charge in [-0.15, -0.1) is 0 Å². The lowest BCUT2D eigenvalue weighted by Gasteiger charge is -2.24. The highest BCUT2D eigenvalue weighted by Gasteiger charge is 2.24. The molecule has 0 aliphatic heterocycles. The second kappa shape index (κ2) is 42.4. The Morgan fingerprint density at radius 1 is 0.545 bits per heavy atom. The molecule has 0 fully saturated rings. The molecule has 3 N–H and O–H groups in total. The average molecular weight is 768 g/mol. The van der Waals surface area contributed by atoms with Gasteiger partial charge in [0.05, 0.1) is 25.2 Å². The van der Waals surface area contributed by atoms with E-state index in [1.165, 1.54) is 83.5 Å². The largest absolute Gasteiger partial charge is 0.462 e. The van der Waals surface area contributed by atoms with Crippen LogP contribution in [0.3, 0.4) is 0 Å². The molecule has 6 nitrogen and oxygen atoms in total. The van der Waals surface area contributed by atoms with Crippen molar-refractivity contribution in [2.24, 2.45) is 0 Å². The Hall–Kier alpha value is -2.70. The van der Waals surface area contributed by atoms with E-state index in [0.29, 0.717) is 25.7 Å². The van der Waals surface area contributed by atoms with Crippen LogP contribution in [0.4, 0.5) is 0 Å². The number of carbonyl (C=O) groups excluding carboxylic acids is 2. The van der Waals surface area contributed by atoms with Crippen molar-refractivity contribution < 1.29 is 24.5 Å². The average Bonchev–Trinajstić information content (AvgIpc) is 3.18. The SMILES string of the molecule is CC/C=C/C=C/C=C\C=C/C=C/CCCC(=O)OC(CCCCC/C=C/CCCCCCCCC)CC(=O)NC(CO)C(O)CCCCCCCCCCC. The lowest BCUT2D eigenvalue weighted by molar-refractivity contribution is -0.151. The maximum Gasteiger partial charge on any atom is 0.306 e. The molecule has 3 unspecified atom stereocenters. The van der Waals surface area contributed by atoms with Gasteiger partial charge in [0.1, 0.15) is 6.10 Å². The number of carbonyl (C=O) groups is 2. The van der Waals surface area contributed by atoms with Gasteiger partial charge >= 0.3 is 5.97 Å². The molecule has 0 radical (unpaired) electrons. The Morgan fingerprint density at radius 2 is 1.00 bits per heavy atom. The number of hydrogen-bond acceptors (Lipinski definition) is 5. The van der Waals surface area contributed by atoms with E-state index in [1.807, 2.05) is 54.7 Å². The third-order valence-electron chi connectivity index (χ3n) is 9.90. The van der Waals surface area contributed by atoms with Gasteiger partial charge in [0, 0.05) is 6.42 Å². The number of nitrogens with one attached hydrogen (secondary N) is 1. The maximum absolute atomic E-state index is 13.1. The van der Waals surface area contributed by atoms with Crippen molar-refractivity contribution >= 4 is 11.9 Å². The molecule has 0 saturated heterocycles. The highest BCUT2D eigenvalue weighted by Crippen LogP contribution is 2.16. The Morgan fingerprint density at radius 3 is 1.55 bits per heavy atom. The summed E-state index contributed by atoms with van der Waals surface area (Å²) in [5.74, 6) is -0.584. The van der Waals surface area contributed by atoms with Crippen molar-refractivity contribution in [3.63, 3.8) is 0 Å². The van der Waals surface area contributed by atoms with E-state index in [-0.39, 0.29) is 24.9 Å². The molecule has 0 heterocycles. The predicted molar refractivity (Wildman–Crippen MR) is 236 cm³/mol. The van der Waals surface area contributed by atoms with Crippen molar-refractivity contribution in [2.45, 2.75) is 219 Å². The molecule has 1 amide bonds. The summed E-state index contributed by atoms with van der Waals surface area (Å²) in [4.78, 5) is 25.9. The minimum atomic E-state index is -0.804. The fraction of sp³-hybridized carbons (Fsp3) is 0.714. The van der Waals surface area contributed by atoms with Gasteiger partial charge in [-0.1, -0.05) is 196 Å². The fourth-order valence-electron chi connectivity index (χ4n) is 6.45. The van der Waals surface area contributed by atoms with E-state index in [4.69, 9.17) is 4.74 Å². The van der Waals surface area contributed by atoms with Gasteiger partial charge in [0.2, 0.25) is 5.91 Å². The van der Waals surface area contributed by atoms with Crippen LogP contribution in [-0.2, 0) is 14.3 Å². The van der Waals surface area contributed by atoms with Crippen molar-refractivity contribution in [1.82, 2.24) is 5.32 Å². The monoisotopic (exact) mass is 768 g/mol. The van der Waals surface area contributed by atoms with Gasteiger partial charge in [0.25, 0.3) is 0 Å². The lowest BCUT2D eigenvalue weighted by Crippen LogP contribution is -2.46. The van der Waals surface area contributed by atoms with Crippen LogP contribution in [0.25, 0.3) is 0 Å². The minimum absolute atomic E-state index is 0.0354. The summed E-state index contributed by atoms with van der Waals surface area (Å²) in [5.41, 5.74) is 0.